The summed E-state index contributed by atoms with van der Waals surface area (Å²) >= 11 is 0. The van der Waals surface area contributed by atoms with Crippen LogP contribution in [0.3, 0.4) is 0 Å². The van der Waals surface area contributed by atoms with Crippen LogP contribution in [0.5, 0.6) is 0 Å². The third-order valence-corrected chi connectivity index (χ3v) is 10.9. The summed E-state index contributed by atoms with van der Waals surface area (Å²) in [5, 5.41) is 0. The Morgan fingerprint density at radius 2 is 1.79 bits per heavy atom. The summed E-state index contributed by atoms with van der Waals surface area (Å²) in [6.07, 6.45) is 11.7. The van der Waals surface area contributed by atoms with E-state index in [0.717, 1.165) is 30.8 Å². The third-order valence-electron chi connectivity index (χ3n) is 10.4. The average Bonchev–Trinajstić information content (AvgIpc) is 3.05. The molecule has 5 nitrogen and oxygen atoms in total. The molecule has 1 N–H and O–H groups in total. The zero-order valence-electron chi connectivity index (χ0n) is 21.2. The van der Waals surface area contributed by atoms with Crippen molar-refractivity contribution in [1.82, 2.24) is 0 Å². The van der Waals surface area contributed by atoms with Gasteiger partial charge >= 0.3 is 10.4 Å². The minimum absolute atomic E-state index is 0.0695. The van der Waals surface area contributed by atoms with Crippen LogP contribution in [-0.2, 0) is 19.4 Å². The summed E-state index contributed by atoms with van der Waals surface area (Å²) in [6, 6.07) is 0. The Morgan fingerprint density at radius 1 is 1.06 bits per heavy atom. The first-order valence-electron chi connectivity index (χ1n) is 13.3. The van der Waals surface area contributed by atoms with E-state index in [2.05, 4.69) is 34.6 Å². The first-order valence-corrected chi connectivity index (χ1v) is 14.6. The molecule has 0 spiro atoms. The molecule has 0 bridgehead atoms. The summed E-state index contributed by atoms with van der Waals surface area (Å²) in [6.45, 7) is 11.8. The minimum Gasteiger partial charge on any atom is -0.295 e. The van der Waals surface area contributed by atoms with Gasteiger partial charge in [0.05, 0.1) is 6.10 Å². The second kappa shape index (κ2) is 9.05. The Balaban J connectivity index is 1.52. The Bertz CT molecular complexity index is 892. The molecule has 0 radical (unpaired) electrons. The number of hydrogen-bond donors (Lipinski definition) is 1. The largest absolute Gasteiger partial charge is 0.397 e. The smallest absolute Gasteiger partial charge is 0.295 e. The van der Waals surface area contributed by atoms with E-state index in [4.69, 9.17) is 8.74 Å². The maximum absolute atomic E-state index is 13.5. The van der Waals surface area contributed by atoms with Gasteiger partial charge in [0.1, 0.15) is 0 Å². The molecule has 3 saturated carbocycles. The summed E-state index contributed by atoms with van der Waals surface area (Å²) in [7, 11) is -4.48. The van der Waals surface area contributed by atoms with Crippen molar-refractivity contribution in [2.45, 2.75) is 105 Å². The maximum atomic E-state index is 13.5. The van der Waals surface area contributed by atoms with E-state index in [1.807, 2.05) is 6.08 Å². The van der Waals surface area contributed by atoms with Gasteiger partial charge in [0, 0.05) is 5.92 Å². The Labute approximate surface area is 201 Å². The highest BCUT2D eigenvalue weighted by molar-refractivity contribution is 7.80. The van der Waals surface area contributed by atoms with Crippen molar-refractivity contribution >= 4 is 16.2 Å². The van der Waals surface area contributed by atoms with Crippen molar-refractivity contribution in [2.75, 3.05) is 0 Å². The lowest BCUT2D eigenvalue weighted by molar-refractivity contribution is -0.135. The molecule has 188 valence electrons. The second-order valence-electron chi connectivity index (χ2n) is 12.6. The van der Waals surface area contributed by atoms with Crippen LogP contribution in [-0.4, -0.2) is 24.9 Å². The molecule has 6 heteroatoms. The van der Waals surface area contributed by atoms with Gasteiger partial charge in [-0.3, -0.25) is 9.35 Å². The van der Waals surface area contributed by atoms with Gasteiger partial charge < -0.3 is 0 Å². The molecular weight excluding hydrogens is 436 g/mol. The Kier molecular flexibility index (Phi) is 6.96. The van der Waals surface area contributed by atoms with Crippen LogP contribution in [0.15, 0.2) is 11.6 Å². The van der Waals surface area contributed by atoms with Crippen LogP contribution in [0.1, 0.15) is 98.8 Å². The van der Waals surface area contributed by atoms with Crippen molar-refractivity contribution < 1.29 is 21.9 Å². The number of fused-ring (bicyclic) bond motifs is 5. The maximum Gasteiger partial charge on any atom is 0.397 e. The molecule has 0 saturated heterocycles. The van der Waals surface area contributed by atoms with E-state index in [1.54, 1.807) is 0 Å². The molecule has 33 heavy (non-hydrogen) atoms. The molecule has 4 aliphatic rings. The number of allylic oxidation sites excluding steroid dienone is 1. The topological polar surface area (TPSA) is 80.7 Å². The van der Waals surface area contributed by atoms with Gasteiger partial charge in [-0.2, -0.15) is 8.42 Å². The van der Waals surface area contributed by atoms with E-state index >= 15 is 0 Å². The molecule has 8 atom stereocenters. The zero-order chi connectivity index (χ0) is 24.2. The van der Waals surface area contributed by atoms with Crippen LogP contribution >= 0.6 is 0 Å². The minimum atomic E-state index is -4.48. The molecule has 4 rings (SSSR count). The Morgan fingerprint density at radius 3 is 2.45 bits per heavy atom. The molecule has 0 aromatic carbocycles. The van der Waals surface area contributed by atoms with Crippen LogP contribution in [0.2, 0.25) is 0 Å². The molecule has 8 unspecified atom stereocenters. The van der Waals surface area contributed by atoms with Gasteiger partial charge in [0.15, 0.2) is 5.78 Å². The van der Waals surface area contributed by atoms with Gasteiger partial charge in [-0.1, -0.05) is 59.5 Å². The number of rotatable bonds is 7. The quantitative estimate of drug-likeness (QED) is 0.427. The fourth-order valence-electron chi connectivity index (χ4n) is 8.65. The van der Waals surface area contributed by atoms with Gasteiger partial charge in [0.2, 0.25) is 0 Å². The van der Waals surface area contributed by atoms with E-state index in [1.165, 1.54) is 32.1 Å². The molecule has 0 heterocycles. The van der Waals surface area contributed by atoms with Crippen molar-refractivity contribution in [3.8, 4) is 0 Å². The van der Waals surface area contributed by atoms with Crippen LogP contribution < -0.4 is 0 Å². The number of carbonyl (C=O) groups excluding carboxylic acids is 1. The van der Waals surface area contributed by atoms with Gasteiger partial charge in [-0.05, 0) is 91.4 Å². The summed E-state index contributed by atoms with van der Waals surface area (Å²) < 4.78 is 36.5. The van der Waals surface area contributed by atoms with Crippen LogP contribution in [0.25, 0.3) is 0 Å². The normalized spacial score (nSPS) is 41.8. The molecule has 3 fully saturated rings. The molecular formula is C27H44O5S. The lowest BCUT2D eigenvalue weighted by Crippen LogP contribution is -2.53. The van der Waals surface area contributed by atoms with Crippen LogP contribution in [0.4, 0.5) is 0 Å². The lowest BCUT2D eigenvalue weighted by Gasteiger charge is -2.57. The predicted molar refractivity (Wildman–Crippen MR) is 130 cm³/mol. The summed E-state index contributed by atoms with van der Waals surface area (Å²) in [4.78, 5) is 13.5. The fourth-order valence-corrected chi connectivity index (χ4v) is 9.16. The molecule has 0 aromatic heterocycles. The Hall–Kier alpha value is -0.720. The van der Waals surface area contributed by atoms with E-state index in [9.17, 15) is 13.2 Å². The zero-order valence-corrected chi connectivity index (χ0v) is 22.0. The molecule has 0 aromatic rings. The monoisotopic (exact) mass is 480 g/mol. The van der Waals surface area contributed by atoms with Crippen molar-refractivity contribution in [2.24, 2.45) is 46.3 Å². The highest BCUT2D eigenvalue weighted by Crippen LogP contribution is 2.66. The molecule has 0 amide bonds. The first kappa shape index (κ1) is 25.4. The third kappa shape index (κ3) is 4.73. The summed E-state index contributed by atoms with van der Waals surface area (Å²) in [5.41, 5.74) is 1.22. The second-order valence-corrected chi connectivity index (χ2v) is 13.7. The average molecular weight is 481 g/mol. The molecule has 0 aliphatic heterocycles. The molecule has 4 aliphatic carbocycles. The highest BCUT2D eigenvalue weighted by Gasteiger charge is 2.61. The number of hydrogen-bond acceptors (Lipinski definition) is 4. The lowest BCUT2D eigenvalue weighted by atomic mass is 9.46. The number of ketones is 1. The van der Waals surface area contributed by atoms with Crippen LogP contribution in [0, 0.1) is 46.3 Å². The van der Waals surface area contributed by atoms with Crippen molar-refractivity contribution in [3.63, 3.8) is 0 Å². The van der Waals surface area contributed by atoms with Crippen molar-refractivity contribution in [1.29, 1.82) is 0 Å². The van der Waals surface area contributed by atoms with E-state index in [-0.39, 0.29) is 22.5 Å². The SMILES string of the molecule is CC(C)CCCC(C)C1CCC2C3C(=O)C=C4CC(OS(=O)(=O)O)CCC4(C)C3CCC12C. The van der Waals surface area contributed by atoms with Gasteiger partial charge in [-0.15, -0.1) is 0 Å². The predicted octanol–water partition coefficient (Wildman–Crippen LogP) is 6.39. The van der Waals surface area contributed by atoms with E-state index in [0.29, 0.717) is 36.5 Å². The summed E-state index contributed by atoms with van der Waals surface area (Å²) in [5.74, 6) is 3.34. The standard InChI is InChI=1S/C27H44O5S/c1-17(2)7-6-8-18(3)21-9-10-22-25-23(12-14-27(21,22)5)26(4)13-11-20(32-33(29,30)31)15-19(26)16-24(25)28/h16-18,20-23,25H,6-15H2,1-5H3,(H,29,30,31). The van der Waals surface area contributed by atoms with Gasteiger partial charge in [0.25, 0.3) is 0 Å². The van der Waals surface area contributed by atoms with Crippen molar-refractivity contribution in [3.05, 3.63) is 11.6 Å². The van der Waals surface area contributed by atoms with E-state index < -0.39 is 16.5 Å². The van der Waals surface area contributed by atoms with Gasteiger partial charge in [-0.25, -0.2) is 4.18 Å². The first-order chi connectivity index (χ1) is 15.3. The fraction of sp³-hybridized carbons (Fsp3) is 0.889. The highest BCUT2D eigenvalue weighted by atomic mass is 32.3. The number of carbonyl (C=O) groups is 1.